The molecule has 1 rings (SSSR count). The number of carbonyl (C=O) groups is 1. The Morgan fingerprint density at radius 1 is 1.25 bits per heavy atom. The van der Waals surface area contributed by atoms with Gasteiger partial charge in [-0.05, 0) is 12.1 Å². The third kappa shape index (κ3) is 6.64. The van der Waals surface area contributed by atoms with Crippen LogP contribution in [0.5, 0.6) is 5.75 Å². The molecule has 0 saturated heterocycles. The summed E-state index contributed by atoms with van der Waals surface area (Å²) in [4.78, 5) is 21.2. The average Bonchev–Trinajstić information content (AvgIpc) is 2.43. The van der Waals surface area contributed by atoms with E-state index in [2.05, 4.69) is 0 Å². The average molecular weight is 319 g/mol. The van der Waals surface area contributed by atoms with Crippen LogP contribution in [0.1, 0.15) is 0 Å². The lowest BCUT2D eigenvalue weighted by molar-refractivity contribution is -0.384. The third-order valence-corrected chi connectivity index (χ3v) is 4.24. The molecule has 0 unspecified atom stereocenters. The number of non-ortho nitro benzene ring substituents is 1. The van der Waals surface area contributed by atoms with E-state index in [-0.39, 0.29) is 24.7 Å². The van der Waals surface area contributed by atoms with Crippen molar-refractivity contribution in [2.45, 2.75) is 0 Å². The van der Waals surface area contributed by atoms with Gasteiger partial charge in [0.2, 0.25) is 0 Å². The van der Waals surface area contributed by atoms with Gasteiger partial charge in [0.15, 0.2) is 0 Å². The van der Waals surface area contributed by atoms with Crippen molar-refractivity contribution in [2.24, 2.45) is 0 Å². The third-order valence-electron chi connectivity index (χ3n) is 1.89. The van der Waals surface area contributed by atoms with E-state index >= 15 is 0 Å². The van der Waals surface area contributed by atoms with E-state index < -0.39 is 11.1 Å². The molecule has 0 bridgehead atoms. The molecule has 1 aromatic rings. The highest BCUT2D eigenvalue weighted by molar-refractivity contribution is 8.76. The van der Waals surface area contributed by atoms with Crippen molar-refractivity contribution in [3.05, 3.63) is 34.4 Å². The van der Waals surface area contributed by atoms with Crippen molar-refractivity contribution >= 4 is 33.4 Å². The maximum Gasteiger partial charge on any atom is 0.513 e. The van der Waals surface area contributed by atoms with Crippen LogP contribution in [0.2, 0.25) is 0 Å². The highest BCUT2D eigenvalue weighted by atomic mass is 33.1. The standard InChI is InChI=1S/C11H13NO6S2/c13-5-7-19-20-8-6-17-11(14)18-10-3-1-9(2-4-10)12(15)16/h1-4,13H,5-8H2. The van der Waals surface area contributed by atoms with Gasteiger partial charge in [0, 0.05) is 23.6 Å². The number of hydrogen-bond donors (Lipinski definition) is 1. The maximum atomic E-state index is 11.3. The second kappa shape index (κ2) is 9.45. The summed E-state index contributed by atoms with van der Waals surface area (Å²) in [6, 6.07) is 5.13. The van der Waals surface area contributed by atoms with Crippen molar-refractivity contribution in [3.63, 3.8) is 0 Å². The molecule has 0 aliphatic heterocycles. The number of rotatable bonds is 8. The predicted molar refractivity (Wildman–Crippen MR) is 77.1 cm³/mol. The number of benzene rings is 1. The smallest absolute Gasteiger partial charge is 0.433 e. The van der Waals surface area contributed by atoms with Crippen molar-refractivity contribution < 1.29 is 24.3 Å². The lowest BCUT2D eigenvalue weighted by Gasteiger charge is -2.05. The summed E-state index contributed by atoms with van der Waals surface area (Å²) >= 11 is 0. The van der Waals surface area contributed by atoms with Gasteiger partial charge >= 0.3 is 6.16 Å². The Bertz CT molecular complexity index is 439. The van der Waals surface area contributed by atoms with Crippen molar-refractivity contribution in [3.8, 4) is 5.75 Å². The second-order valence-corrected chi connectivity index (χ2v) is 6.02. The van der Waals surface area contributed by atoms with Gasteiger partial charge in [-0.1, -0.05) is 21.6 Å². The van der Waals surface area contributed by atoms with Crippen molar-refractivity contribution in [1.29, 1.82) is 0 Å². The minimum absolute atomic E-state index is 0.0805. The van der Waals surface area contributed by atoms with Crippen LogP contribution < -0.4 is 4.74 Å². The van der Waals surface area contributed by atoms with Crippen LogP contribution in [0.15, 0.2) is 24.3 Å². The molecule has 20 heavy (non-hydrogen) atoms. The molecule has 0 radical (unpaired) electrons. The number of nitro benzene ring substituents is 1. The number of carbonyl (C=O) groups excluding carboxylic acids is 1. The number of aliphatic hydroxyl groups excluding tert-OH is 1. The first kappa shape index (κ1) is 16.6. The van der Waals surface area contributed by atoms with Gasteiger partial charge in [-0.3, -0.25) is 10.1 Å². The minimum atomic E-state index is -0.855. The van der Waals surface area contributed by atoms with E-state index in [1.54, 1.807) is 0 Å². The van der Waals surface area contributed by atoms with Gasteiger partial charge < -0.3 is 14.6 Å². The Balaban J connectivity index is 2.23. The largest absolute Gasteiger partial charge is 0.513 e. The van der Waals surface area contributed by atoms with Crippen LogP contribution in [-0.4, -0.2) is 40.9 Å². The normalized spacial score (nSPS) is 10.1. The van der Waals surface area contributed by atoms with Crippen LogP contribution in [0, 0.1) is 10.1 Å². The molecule has 0 heterocycles. The summed E-state index contributed by atoms with van der Waals surface area (Å²) in [6.45, 7) is 0.301. The van der Waals surface area contributed by atoms with Crippen molar-refractivity contribution in [2.75, 3.05) is 24.7 Å². The fraction of sp³-hybridized carbons (Fsp3) is 0.364. The van der Waals surface area contributed by atoms with Gasteiger partial charge in [0.05, 0.1) is 11.5 Å². The predicted octanol–water partition coefficient (Wildman–Crippen LogP) is 2.48. The molecule has 110 valence electrons. The Morgan fingerprint density at radius 2 is 1.90 bits per heavy atom. The van der Waals surface area contributed by atoms with Gasteiger partial charge in [-0.2, -0.15) is 0 Å². The first-order valence-corrected chi connectivity index (χ1v) is 8.06. The molecular formula is C11H13NO6S2. The summed E-state index contributed by atoms with van der Waals surface area (Å²) in [5, 5.41) is 19.0. The zero-order chi connectivity index (χ0) is 14.8. The highest BCUT2D eigenvalue weighted by Crippen LogP contribution is 2.20. The number of aliphatic hydroxyl groups is 1. The summed E-state index contributed by atoms with van der Waals surface area (Å²) in [7, 11) is 2.96. The minimum Gasteiger partial charge on any atom is -0.433 e. The molecule has 0 aliphatic carbocycles. The summed E-state index contributed by atoms with van der Waals surface area (Å²) in [5.41, 5.74) is -0.0805. The van der Waals surface area contributed by atoms with Gasteiger partial charge in [-0.25, -0.2) is 4.79 Å². The molecular weight excluding hydrogens is 306 g/mol. The maximum absolute atomic E-state index is 11.3. The zero-order valence-electron chi connectivity index (χ0n) is 10.4. The lowest BCUT2D eigenvalue weighted by atomic mass is 10.3. The van der Waals surface area contributed by atoms with Gasteiger partial charge in [0.1, 0.15) is 12.4 Å². The molecule has 0 fully saturated rings. The van der Waals surface area contributed by atoms with Crippen LogP contribution in [0.4, 0.5) is 10.5 Å². The molecule has 1 N–H and O–H groups in total. The Labute approximate surface area is 123 Å². The van der Waals surface area contributed by atoms with Gasteiger partial charge in [-0.15, -0.1) is 0 Å². The van der Waals surface area contributed by atoms with Crippen LogP contribution in [-0.2, 0) is 4.74 Å². The lowest BCUT2D eigenvalue weighted by Crippen LogP contribution is -2.12. The first-order valence-electron chi connectivity index (χ1n) is 5.58. The van der Waals surface area contributed by atoms with E-state index in [1.165, 1.54) is 45.9 Å². The molecule has 1 aromatic carbocycles. The SMILES string of the molecule is O=C(OCCSSCCO)Oc1ccc([N+](=O)[O-])cc1. The van der Waals surface area contributed by atoms with E-state index in [4.69, 9.17) is 14.6 Å². The van der Waals surface area contributed by atoms with Gasteiger partial charge in [0.25, 0.3) is 5.69 Å². The quantitative estimate of drug-likeness (QED) is 0.195. The van der Waals surface area contributed by atoms with Crippen molar-refractivity contribution in [1.82, 2.24) is 0 Å². The Hall–Kier alpha value is -1.45. The zero-order valence-corrected chi connectivity index (χ0v) is 12.0. The van der Waals surface area contributed by atoms with E-state index in [0.717, 1.165) is 0 Å². The highest BCUT2D eigenvalue weighted by Gasteiger charge is 2.08. The fourth-order valence-corrected chi connectivity index (χ4v) is 2.67. The van der Waals surface area contributed by atoms with E-state index in [9.17, 15) is 14.9 Å². The summed E-state index contributed by atoms with van der Waals surface area (Å²) in [5.74, 6) is 1.39. The molecule has 0 amide bonds. The Kier molecular flexibility index (Phi) is 7.85. The molecule has 0 atom stereocenters. The topological polar surface area (TPSA) is 98.9 Å². The first-order chi connectivity index (χ1) is 9.63. The molecule has 0 spiro atoms. The molecule has 0 aromatic heterocycles. The number of ether oxygens (including phenoxy) is 2. The van der Waals surface area contributed by atoms with E-state index in [0.29, 0.717) is 11.5 Å². The Morgan fingerprint density at radius 3 is 2.50 bits per heavy atom. The summed E-state index contributed by atoms with van der Waals surface area (Å²) in [6.07, 6.45) is -0.855. The molecule has 7 nitrogen and oxygen atoms in total. The summed E-state index contributed by atoms with van der Waals surface area (Å²) < 4.78 is 9.65. The van der Waals surface area contributed by atoms with E-state index in [1.807, 2.05) is 0 Å². The van der Waals surface area contributed by atoms with Crippen LogP contribution >= 0.6 is 21.6 Å². The second-order valence-electron chi connectivity index (χ2n) is 3.32. The molecule has 0 aliphatic rings. The molecule has 9 heteroatoms. The van der Waals surface area contributed by atoms with Crippen LogP contribution in [0.3, 0.4) is 0 Å². The van der Waals surface area contributed by atoms with Crippen LogP contribution in [0.25, 0.3) is 0 Å². The number of nitrogens with zero attached hydrogens (tertiary/aromatic N) is 1. The number of nitro groups is 1. The molecule has 0 saturated carbocycles. The fourth-order valence-electron chi connectivity index (χ4n) is 1.08. The monoisotopic (exact) mass is 319 g/mol. The number of hydrogen-bond acceptors (Lipinski definition) is 8.